The lowest BCUT2D eigenvalue weighted by Gasteiger charge is -2.53. The van der Waals surface area contributed by atoms with Gasteiger partial charge in [-0.25, -0.2) is 16.8 Å². The molecule has 0 aliphatic carbocycles. The molecule has 0 bridgehead atoms. The number of nitrogens with zero attached hydrogens (tertiary/aromatic N) is 7. The minimum absolute atomic E-state index is 0.0812. The highest BCUT2D eigenvalue weighted by atomic mass is 32.3. The summed E-state index contributed by atoms with van der Waals surface area (Å²) in [5, 5.41) is 9.01. The number of sulfone groups is 1. The number of tetrazole rings is 1. The SMILES string of the molecule is COc1ccc(-n2nnnc2C(F)(F)F)cc1CN1C[C@@H]2CN(S(=O)(=O)CS(C)(=O)=O)CCN2[C@H](C(c2ccccc2)c2ccccc2)C1. The molecule has 12 nitrogen and oxygen atoms in total. The molecule has 17 heteroatoms. The maximum absolute atomic E-state index is 13.7. The van der Waals surface area contributed by atoms with Crippen LogP contribution in [0.3, 0.4) is 0 Å². The number of rotatable bonds is 10. The molecule has 3 aromatic carbocycles. The van der Waals surface area contributed by atoms with Crippen LogP contribution in [-0.2, 0) is 32.6 Å². The largest absolute Gasteiger partial charge is 0.496 e. The molecule has 0 unspecified atom stereocenters. The van der Waals surface area contributed by atoms with Gasteiger partial charge in [0.15, 0.2) is 14.9 Å². The molecule has 0 N–H and O–H groups in total. The summed E-state index contributed by atoms with van der Waals surface area (Å²) in [7, 11) is -6.43. The predicted molar refractivity (Wildman–Crippen MR) is 175 cm³/mol. The van der Waals surface area contributed by atoms with Gasteiger partial charge < -0.3 is 4.74 Å². The number of benzene rings is 3. The minimum Gasteiger partial charge on any atom is -0.496 e. The van der Waals surface area contributed by atoms with Crippen molar-refractivity contribution in [1.82, 2.24) is 34.3 Å². The fourth-order valence-corrected chi connectivity index (χ4v) is 10.5. The van der Waals surface area contributed by atoms with E-state index in [-0.39, 0.29) is 43.3 Å². The smallest absolute Gasteiger partial charge is 0.453 e. The van der Waals surface area contributed by atoms with Gasteiger partial charge in [-0.1, -0.05) is 60.7 Å². The first-order valence-corrected chi connectivity index (χ1v) is 19.2. The summed E-state index contributed by atoms with van der Waals surface area (Å²) < 4.78 is 99.0. The molecular weight excluding hydrogens is 684 g/mol. The first-order valence-electron chi connectivity index (χ1n) is 15.5. The van der Waals surface area contributed by atoms with Gasteiger partial charge in [-0.15, -0.1) is 5.10 Å². The van der Waals surface area contributed by atoms with Gasteiger partial charge >= 0.3 is 6.18 Å². The van der Waals surface area contributed by atoms with Gasteiger partial charge in [-0.05, 0) is 39.8 Å². The van der Waals surface area contributed by atoms with Gasteiger partial charge in [0, 0.05) is 69.1 Å². The second kappa shape index (κ2) is 13.8. The van der Waals surface area contributed by atoms with Crippen molar-refractivity contribution in [3.05, 3.63) is 101 Å². The molecule has 2 atom stereocenters. The third-order valence-electron chi connectivity index (χ3n) is 8.92. The average Bonchev–Trinajstić information content (AvgIpc) is 3.56. The van der Waals surface area contributed by atoms with E-state index in [1.807, 2.05) is 36.4 Å². The van der Waals surface area contributed by atoms with Gasteiger partial charge in [0.1, 0.15) is 5.75 Å². The van der Waals surface area contributed by atoms with Crippen LogP contribution in [0.15, 0.2) is 78.9 Å². The number of hydrogen-bond donors (Lipinski definition) is 0. The predicted octanol–water partition coefficient (Wildman–Crippen LogP) is 3.02. The van der Waals surface area contributed by atoms with Crippen molar-refractivity contribution < 1.29 is 34.7 Å². The van der Waals surface area contributed by atoms with Gasteiger partial charge in [0.2, 0.25) is 10.0 Å². The number of fused-ring (bicyclic) bond motifs is 1. The van der Waals surface area contributed by atoms with Crippen molar-refractivity contribution in [3.8, 4) is 11.4 Å². The molecule has 0 saturated carbocycles. The van der Waals surface area contributed by atoms with E-state index in [0.717, 1.165) is 17.4 Å². The number of aromatic nitrogens is 4. The minimum atomic E-state index is -4.78. The van der Waals surface area contributed by atoms with Crippen LogP contribution < -0.4 is 4.74 Å². The molecule has 0 spiro atoms. The molecule has 49 heavy (non-hydrogen) atoms. The molecule has 2 aliphatic heterocycles. The normalized spacial score (nSPS) is 20.0. The Balaban J connectivity index is 1.39. The van der Waals surface area contributed by atoms with Crippen LogP contribution in [-0.4, -0.2) is 114 Å². The molecular formula is C32H36F3N7O5S2. The molecule has 0 amide bonds. The molecule has 1 aromatic heterocycles. The summed E-state index contributed by atoms with van der Waals surface area (Å²) in [6.45, 7) is 1.81. The Labute approximate surface area is 283 Å². The van der Waals surface area contributed by atoms with Crippen LogP contribution >= 0.6 is 0 Å². The Kier molecular flexibility index (Phi) is 9.83. The zero-order valence-electron chi connectivity index (χ0n) is 26.8. The monoisotopic (exact) mass is 719 g/mol. The highest BCUT2D eigenvalue weighted by molar-refractivity contribution is 8.06. The molecule has 0 radical (unpaired) electrons. The lowest BCUT2D eigenvalue weighted by Crippen LogP contribution is -2.67. The molecule has 4 aromatic rings. The number of methoxy groups -OCH3 is 1. The van der Waals surface area contributed by atoms with E-state index in [2.05, 4.69) is 49.6 Å². The Morgan fingerprint density at radius 1 is 0.898 bits per heavy atom. The third kappa shape index (κ3) is 7.80. The Hall–Kier alpha value is -3.90. The van der Waals surface area contributed by atoms with Gasteiger partial charge in [-0.2, -0.15) is 22.2 Å². The van der Waals surface area contributed by atoms with Crippen LogP contribution in [0, 0.1) is 0 Å². The van der Waals surface area contributed by atoms with Gasteiger partial charge in [0.25, 0.3) is 5.82 Å². The summed E-state index contributed by atoms with van der Waals surface area (Å²) in [5.74, 6) is -0.924. The van der Waals surface area contributed by atoms with Crippen molar-refractivity contribution in [3.63, 3.8) is 0 Å². The topological polar surface area (TPSA) is 131 Å². The van der Waals surface area contributed by atoms with E-state index in [0.29, 0.717) is 35.6 Å². The second-order valence-electron chi connectivity index (χ2n) is 12.4. The second-order valence-corrected chi connectivity index (χ2v) is 16.8. The standard InChI is InChI=1S/C32H36F3N7O5S2/c1-47-29-14-13-26(42-31(32(33,34)35)36-37-38-42)17-25(29)18-39-19-27-20-40(49(45,46)22-48(2,43)44)15-16-41(27)28(21-39)30(23-9-5-3-6-10-23)24-11-7-4-8-12-24/h3-14,17,27-28,30H,15-16,18-22H2,1-2H3/t27-,28+/m1/s1. The zero-order chi connectivity index (χ0) is 35.0. The fraction of sp³-hybridized carbons (Fsp3) is 0.406. The Morgan fingerprint density at radius 3 is 2.14 bits per heavy atom. The number of piperazine rings is 2. The van der Waals surface area contributed by atoms with E-state index >= 15 is 0 Å². The van der Waals surface area contributed by atoms with Gasteiger partial charge in [-0.3, -0.25) is 9.80 Å². The molecule has 3 heterocycles. The molecule has 2 aliphatic rings. The summed E-state index contributed by atoms with van der Waals surface area (Å²) in [6, 6.07) is 24.2. The Morgan fingerprint density at radius 2 is 1.55 bits per heavy atom. The summed E-state index contributed by atoms with van der Waals surface area (Å²) in [6.07, 6.45) is -3.88. The fourth-order valence-electron chi connectivity index (χ4n) is 6.96. The number of hydrogen-bond acceptors (Lipinski definition) is 10. The van der Waals surface area contributed by atoms with E-state index in [1.165, 1.54) is 17.5 Å². The highest BCUT2D eigenvalue weighted by Crippen LogP contribution is 2.37. The highest BCUT2D eigenvalue weighted by Gasteiger charge is 2.45. The molecule has 262 valence electrons. The molecule has 2 saturated heterocycles. The maximum Gasteiger partial charge on any atom is 0.453 e. The number of sulfonamides is 1. The van der Waals surface area contributed by atoms with E-state index < -0.39 is 36.9 Å². The van der Waals surface area contributed by atoms with Crippen LogP contribution in [0.2, 0.25) is 0 Å². The van der Waals surface area contributed by atoms with Crippen molar-refractivity contribution >= 4 is 19.9 Å². The average molecular weight is 720 g/mol. The summed E-state index contributed by atoms with van der Waals surface area (Å²) in [5.41, 5.74) is 2.84. The molecule has 2 fully saturated rings. The van der Waals surface area contributed by atoms with Crippen molar-refractivity contribution in [2.24, 2.45) is 0 Å². The first kappa shape index (κ1) is 34.9. The van der Waals surface area contributed by atoms with E-state index in [4.69, 9.17) is 4.74 Å². The van der Waals surface area contributed by atoms with Crippen molar-refractivity contribution in [2.75, 3.05) is 51.2 Å². The van der Waals surface area contributed by atoms with Crippen LogP contribution in [0.1, 0.15) is 28.4 Å². The summed E-state index contributed by atoms with van der Waals surface area (Å²) >= 11 is 0. The van der Waals surface area contributed by atoms with Crippen molar-refractivity contribution in [2.45, 2.75) is 30.7 Å². The lowest BCUT2D eigenvalue weighted by molar-refractivity contribution is -0.146. The number of halogens is 3. The maximum atomic E-state index is 13.7. The number of ether oxygens (including phenoxy) is 1. The number of alkyl halides is 3. The van der Waals surface area contributed by atoms with Crippen LogP contribution in [0.5, 0.6) is 5.75 Å². The zero-order valence-corrected chi connectivity index (χ0v) is 28.4. The quantitative estimate of drug-likeness (QED) is 0.241. The lowest BCUT2D eigenvalue weighted by atomic mass is 9.81. The van der Waals surface area contributed by atoms with Gasteiger partial charge in [0.05, 0.1) is 12.8 Å². The Bertz CT molecular complexity index is 1940. The first-order chi connectivity index (χ1) is 23.2. The van der Waals surface area contributed by atoms with E-state index in [9.17, 15) is 30.0 Å². The third-order valence-corrected chi connectivity index (χ3v) is 12.9. The van der Waals surface area contributed by atoms with Crippen LogP contribution in [0.25, 0.3) is 5.69 Å². The van der Waals surface area contributed by atoms with E-state index in [1.54, 1.807) is 12.1 Å². The summed E-state index contributed by atoms with van der Waals surface area (Å²) in [4.78, 5) is 4.46. The van der Waals surface area contributed by atoms with Crippen LogP contribution in [0.4, 0.5) is 13.2 Å². The van der Waals surface area contributed by atoms with Crippen molar-refractivity contribution in [1.29, 1.82) is 0 Å². The molecule has 6 rings (SSSR count).